The summed E-state index contributed by atoms with van der Waals surface area (Å²) >= 11 is 1.24. The molecule has 3 heterocycles. The molecular formula is C21H28N4O4S2. The number of rotatable bonds is 7. The molecule has 2 aliphatic rings. The monoisotopic (exact) mass is 464 g/mol. The number of amides is 1. The summed E-state index contributed by atoms with van der Waals surface area (Å²) in [4.78, 5) is 16.9. The molecule has 168 valence electrons. The van der Waals surface area contributed by atoms with Crippen molar-refractivity contribution in [3.05, 3.63) is 41.8 Å². The zero-order valence-electron chi connectivity index (χ0n) is 17.6. The molecule has 1 aromatic carbocycles. The molecule has 0 radical (unpaired) electrons. The maximum Gasteiger partial charge on any atom is 0.277 e. The van der Waals surface area contributed by atoms with Crippen LogP contribution in [-0.4, -0.2) is 77.8 Å². The van der Waals surface area contributed by atoms with E-state index in [0.717, 1.165) is 13.1 Å². The van der Waals surface area contributed by atoms with Crippen LogP contribution in [0.4, 0.5) is 0 Å². The van der Waals surface area contributed by atoms with Crippen molar-refractivity contribution in [2.24, 2.45) is 5.92 Å². The van der Waals surface area contributed by atoms with Gasteiger partial charge in [-0.3, -0.25) is 9.69 Å². The van der Waals surface area contributed by atoms with E-state index >= 15 is 0 Å². The highest BCUT2D eigenvalue weighted by Crippen LogP contribution is 2.25. The van der Waals surface area contributed by atoms with Gasteiger partial charge in [0.05, 0.1) is 17.3 Å². The fourth-order valence-corrected chi connectivity index (χ4v) is 6.72. The van der Waals surface area contributed by atoms with Gasteiger partial charge in [-0.1, -0.05) is 42.1 Å². The van der Waals surface area contributed by atoms with Crippen LogP contribution in [-0.2, 0) is 21.1 Å². The lowest BCUT2D eigenvalue weighted by Gasteiger charge is -2.38. The third-order valence-electron chi connectivity index (χ3n) is 6.05. The predicted octanol–water partition coefficient (Wildman–Crippen LogP) is 2.04. The highest BCUT2D eigenvalue weighted by atomic mass is 32.2. The van der Waals surface area contributed by atoms with E-state index in [1.807, 2.05) is 11.0 Å². The number of benzene rings is 1. The van der Waals surface area contributed by atoms with Crippen molar-refractivity contribution in [2.45, 2.75) is 31.0 Å². The summed E-state index contributed by atoms with van der Waals surface area (Å²) in [6, 6.07) is 10.8. The lowest BCUT2D eigenvalue weighted by atomic mass is 10.1. The Bertz CT molecular complexity index is 988. The first kappa shape index (κ1) is 22.3. The Balaban J connectivity index is 1.21. The van der Waals surface area contributed by atoms with Crippen LogP contribution in [0.25, 0.3) is 0 Å². The number of carbonyl (C=O) groups excluding carboxylic acids is 1. The topological polar surface area (TPSA) is 96.6 Å². The molecular weight excluding hydrogens is 436 g/mol. The highest BCUT2D eigenvalue weighted by Gasteiger charge is 2.29. The van der Waals surface area contributed by atoms with Crippen molar-refractivity contribution in [1.29, 1.82) is 0 Å². The smallest absolute Gasteiger partial charge is 0.277 e. The van der Waals surface area contributed by atoms with Gasteiger partial charge in [0, 0.05) is 38.6 Å². The molecule has 2 saturated heterocycles. The summed E-state index contributed by atoms with van der Waals surface area (Å²) in [6.45, 7) is 5.32. The van der Waals surface area contributed by atoms with Gasteiger partial charge in [-0.25, -0.2) is 8.42 Å². The molecule has 2 aromatic rings. The lowest BCUT2D eigenvalue weighted by molar-refractivity contribution is -0.130. The van der Waals surface area contributed by atoms with Crippen LogP contribution in [0, 0.1) is 5.92 Å². The number of piperazine rings is 1. The van der Waals surface area contributed by atoms with Crippen LogP contribution in [0.15, 0.2) is 40.0 Å². The molecule has 0 bridgehead atoms. The number of thioether (sulfide) groups is 1. The van der Waals surface area contributed by atoms with Crippen LogP contribution in [0.1, 0.15) is 30.8 Å². The average molecular weight is 465 g/mol. The molecule has 31 heavy (non-hydrogen) atoms. The highest BCUT2D eigenvalue weighted by molar-refractivity contribution is 7.99. The molecule has 0 saturated carbocycles. The number of hydrogen-bond donors (Lipinski definition) is 0. The quantitative estimate of drug-likeness (QED) is 0.575. The fourth-order valence-electron chi connectivity index (χ4n) is 4.17. The van der Waals surface area contributed by atoms with Crippen molar-refractivity contribution in [1.82, 2.24) is 20.0 Å². The SMILES string of the molecule is C[C@@H](c1ccccc1)N1CCN(C(=O)CSc2nnc(C[C@@H]3CCS(=O)(=O)C3)o2)CC1. The van der Waals surface area contributed by atoms with Gasteiger partial charge in [-0.15, -0.1) is 10.2 Å². The zero-order chi connectivity index (χ0) is 21.8. The lowest BCUT2D eigenvalue weighted by Crippen LogP contribution is -2.49. The number of nitrogens with zero attached hydrogens (tertiary/aromatic N) is 4. The Morgan fingerprint density at radius 1 is 1.19 bits per heavy atom. The summed E-state index contributed by atoms with van der Waals surface area (Å²) in [5, 5.41) is 8.37. The molecule has 8 nitrogen and oxygen atoms in total. The van der Waals surface area contributed by atoms with Crippen molar-refractivity contribution < 1.29 is 17.6 Å². The maximum atomic E-state index is 12.6. The van der Waals surface area contributed by atoms with Crippen LogP contribution in [0.3, 0.4) is 0 Å². The first-order chi connectivity index (χ1) is 14.9. The molecule has 10 heteroatoms. The average Bonchev–Trinajstić information content (AvgIpc) is 3.37. The number of aromatic nitrogens is 2. The first-order valence-corrected chi connectivity index (χ1v) is 13.4. The van der Waals surface area contributed by atoms with E-state index in [0.29, 0.717) is 43.1 Å². The van der Waals surface area contributed by atoms with E-state index in [9.17, 15) is 13.2 Å². The van der Waals surface area contributed by atoms with Crippen LogP contribution in [0.2, 0.25) is 0 Å². The van der Waals surface area contributed by atoms with Crippen molar-refractivity contribution in [2.75, 3.05) is 43.4 Å². The number of carbonyl (C=O) groups is 1. The van der Waals surface area contributed by atoms with Gasteiger partial charge in [0.1, 0.15) is 0 Å². The second-order valence-electron chi connectivity index (χ2n) is 8.23. The van der Waals surface area contributed by atoms with Crippen LogP contribution >= 0.6 is 11.8 Å². The van der Waals surface area contributed by atoms with Gasteiger partial charge in [0.2, 0.25) is 11.8 Å². The van der Waals surface area contributed by atoms with E-state index in [2.05, 4.69) is 46.3 Å². The molecule has 2 fully saturated rings. The number of sulfone groups is 1. The van der Waals surface area contributed by atoms with Crippen LogP contribution in [0.5, 0.6) is 0 Å². The second-order valence-corrected chi connectivity index (χ2v) is 11.4. The van der Waals surface area contributed by atoms with Crippen molar-refractivity contribution in [3.63, 3.8) is 0 Å². The third-order valence-corrected chi connectivity index (χ3v) is 8.69. The van der Waals surface area contributed by atoms with Gasteiger partial charge < -0.3 is 9.32 Å². The fraction of sp³-hybridized carbons (Fsp3) is 0.571. The maximum absolute atomic E-state index is 12.6. The molecule has 0 spiro atoms. The second kappa shape index (κ2) is 9.70. The molecule has 1 amide bonds. The van der Waals surface area contributed by atoms with E-state index in [1.54, 1.807) is 0 Å². The Morgan fingerprint density at radius 3 is 2.61 bits per heavy atom. The Kier molecular flexibility index (Phi) is 6.98. The van der Waals surface area contributed by atoms with E-state index in [-0.39, 0.29) is 29.1 Å². The van der Waals surface area contributed by atoms with Crippen molar-refractivity contribution >= 4 is 27.5 Å². The predicted molar refractivity (Wildman–Crippen MR) is 118 cm³/mol. The molecule has 2 aliphatic heterocycles. The van der Waals surface area contributed by atoms with Crippen LogP contribution < -0.4 is 0 Å². The van der Waals surface area contributed by atoms with Gasteiger partial charge >= 0.3 is 0 Å². The number of hydrogen-bond acceptors (Lipinski definition) is 8. The van der Waals surface area contributed by atoms with Gasteiger partial charge in [0.15, 0.2) is 9.84 Å². The minimum absolute atomic E-state index is 0.0412. The van der Waals surface area contributed by atoms with E-state index < -0.39 is 9.84 Å². The van der Waals surface area contributed by atoms with Crippen molar-refractivity contribution in [3.8, 4) is 0 Å². The third kappa shape index (κ3) is 5.87. The zero-order valence-corrected chi connectivity index (χ0v) is 19.3. The summed E-state index contributed by atoms with van der Waals surface area (Å²) in [6.07, 6.45) is 1.11. The Hall–Kier alpha value is -1.91. The largest absolute Gasteiger partial charge is 0.416 e. The Morgan fingerprint density at radius 2 is 1.94 bits per heavy atom. The molecule has 1 aromatic heterocycles. The standard InChI is InChI=1S/C21H28N4O4S2/c1-16(18-5-3-2-4-6-18)24-8-10-25(11-9-24)20(26)14-30-21-23-22-19(29-21)13-17-7-12-31(27,28)15-17/h2-6,16-17H,7-15H2,1H3/t16-,17-/m0/s1. The minimum atomic E-state index is -2.92. The molecule has 0 N–H and O–H groups in total. The summed E-state index contributed by atoms with van der Waals surface area (Å²) < 4.78 is 28.8. The van der Waals surface area contributed by atoms with Gasteiger partial charge in [0.25, 0.3) is 5.22 Å². The van der Waals surface area contributed by atoms with Gasteiger partial charge in [-0.2, -0.15) is 0 Å². The summed E-state index contributed by atoms with van der Waals surface area (Å²) in [5.41, 5.74) is 1.29. The molecule has 4 rings (SSSR count). The van der Waals surface area contributed by atoms with E-state index in [4.69, 9.17) is 4.42 Å². The molecule has 0 unspecified atom stereocenters. The molecule has 0 aliphatic carbocycles. The Labute approximate surface area is 187 Å². The summed E-state index contributed by atoms with van der Waals surface area (Å²) in [5.74, 6) is 1.23. The summed E-state index contributed by atoms with van der Waals surface area (Å²) in [7, 11) is -2.92. The first-order valence-electron chi connectivity index (χ1n) is 10.6. The van der Waals surface area contributed by atoms with Gasteiger partial charge in [-0.05, 0) is 24.8 Å². The molecule has 2 atom stereocenters. The minimum Gasteiger partial charge on any atom is -0.416 e. The normalized spacial score (nSPS) is 22.5. The van der Waals surface area contributed by atoms with E-state index in [1.165, 1.54) is 17.3 Å².